The van der Waals surface area contributed by atoms with Crippen LogP contribution in [-0.2, 0) is 16.1 Å². The first-order valence-electron chi connectivity index (χ1n) is 13.4. The highest BCUT2D eigenvalue weighted by Crippen LogP contribution is 2.38. The van der Waals surface area contributed by atoms with Gasteiger partial charge in [0.05, 0.1) is 13.2 Å². The Morgan fingerprint density at radius 1 is 1.07 bits per heavy atom. The van der Waals surface area contributed by atoms with E-state index in [0.717, 1.165) is 32.7 Å². The Labute approximate surface area is 237 Å². The smallest absolute Gasteiger partial charge is 0.323 e. The summed E-state index contributed by atoms with van der Waals surface area (Å²) in [6, 6.07) is 14.2. The predicted molar refractivity (Wildman–Crippen MR) is 153 cm³/mol. The van der Waals surface area contributed by atoms with Crippen LogP contribution in [0.5, 0.6) is 5.75 Å². The number of nitrogens with one attached hydrogen (secondary N) is 2. The molecule has 3 aromatic carbocycles. The van der Waals surface area contributed by atoms with Gasteiger partial charge in [0.1, 0.15) is 17.5 Å². The summed E-state index contributed by atoms with van der Waals surface area (Å²) in [6.45, 7) is 5.17. The molecular formula is C31H33FN4O5. The van der Waals surface area contributed by atoms with E-state index in [-0.39, 0.29) is 18.5 Å². The van der Waals surface area contributed by atoms with Crippen LogP contribution < -0.4 is 15.4 Å². The van der Waals surface area contributed by atoms with Gasteiger partial charge in [-0.25, -0.2) is 9.18 Å². The van der Waals surface area contributed by atoms with Crippen LogP contribution in [0.1, 0.15) is 16.7 Å². The van der Waals surface area contributed by atoms with Gasteiger partial charge in [0.25, 0.3) is 0 Å². The van der Waals surface area contributed by atoms with Gasteiger partial charge < -0.3 is 20.5 Å². The highest BCUT2D eigenvalue weighted by atomic mass is 19.1. The fourth-order valence-electron chi connectivity index (χ4n) is 5.45. The Bertz CT molecular complexity index is 1540. The normalized spacial score (nSPS) is 17.7. The summed E-state index contributed by atoms with van der Waals surface area (Å²) in [7, 11) is 2.86. The molecule has 1 atom stereocenters. The summed E-state index contributed by atoms with van der Waals surface area (Å²) in [5, 5.41) is 15.0. The molecule has 0 aromatic heterocycles. The first kappa shape index (κ1) is 28.3. The molecular weight excluding hydrogens is 527 g/mol. The van der Waals surface area contributed by atoms with Crippen molar-refractivity contribution in [2.75, 3.05) is 39.1 Å². The van der Waals surface area contributed by atoms with Crippen molar-refractivity contribution in [1.29, 1.82) is 0 Å². The van der Waals surface area contributed by atoms with Crippen LogP contribution in [-0.4, -0.2) is 72.6 Å². The number of carbonyl (C=O) groups excluding carboxylic acids is 3. The maximum Gasteiger partial charge on any atom is 0.323 e. The second kappa shape index (κ2) is 11.3. The number of carbonyl (C=O) groups is 3. The van der Waals surface area contributed by atoms with Gasteiger partial charge in [-0.1, -0.05) is 30.3 Å². The summed E-state index contributed by atoms with van der Waals surface area (Å²) in [5.41, 5.74) is 6.04. The van der Waals surface area contributed by atoms with E-state index >= 15 is 4.39 Å². The zero-order valence-corrected chi connectivity index (χ0v) is 23.5. The predicted octanol–water partition coefficient (Wildman–Crippen LogP) is 3.70. The molecule has 0 aliphatic carbocycles. The second-order valence-corrected chi connectivity index (χ2v) is 10.6. The molecule has 3 N–H and O–H groups in total. The third-order valence-electron chi connectivity index (χ3n) is 7.93. The zero-order valence-electron chi connectivity index (χ0n) is 23.5. The van der Waals surface area contributed by atoms with E-state index in [1.54, 1.807) is 6.07 Å². The number of anilines is 1. The lowest BCUT2D eigenvalue weighted by Gasteiger charge is -2.36. The average Bonchev–Trinajstić information content (AvgIpc) is 2.93. The van der Waals surface area contributed by atoms with Crippen LogP contribution in [0.2, 0.25) is 0 Å². The third-order valence-corrected chi connectivity index (χ3v) is 7.93. The number of urea groups is 1. The summed E-state index contributed by atoms with van der Waals surface area (Å²) in [5.74, 6) is -2.00. The van der Waals surface area contributed by atoms with E-state index in [1.165, 1.54) is 20.2 Å². The van der Waals surface area contributed by atoms with E-state index in [2.05, 4.69) is 10.6 Å². The largest absolute Gasteiger partial charge is 0.496 e. The first-order chi connectivity index (χ1) is 19.6. The molecule has 2 aliphatic rings. The van der Waals surface area contributed by atoms with Gasteiger partial charge in [-0.3, -0.25) is 19.4 Å². The Morgan fingerprint density at radius 2 is 1.73 bits per heavy atom. The van der Waals surface area contributed by atoms with E-state index in [4.69, 9.17) is 4.74 Å². The van der Waals surface area contributed by atoms with Crippen LogP contribution in [0.4, 0.5) is 14.9 Å². The first-order valence-corrected chi connectivity index (χ1v) is 13.4. The van der Waals surface area contributed by atoms with Gasteiger partial charge >= 0.3 is 6.03 Å². The second-order valence-electron chi connectivity index (χ2n) is 10.6. The number of methoxy groups -OCH3 is 1. The standard InChI is InChI=1S/C31H33FN4O5/c1-17-21(19-11-26(32)25(28(12-19)41-4)16-36-14-20(37)15-36)7-5-8-22(17)23-9-6-10-27(18(23)2)34-29(38)24-13-33-31(40)35(3)30(24)39/h5-12,20,24,37H,13-16H2,1-4H3,(H,33,40)(H,34,38). The number of ether oxygens (including phenoxy) is 1. The highest BCUT2D eigenvalue weighted by Gasteiger charge is 2.36. The lowest BCUT2D eigenvalue weighted by atomic mass is 9.90. The number of aliphatic hydroxyl groups is 1. The number of benzene rings is 3. The van der Waals surface area contributed by atoms with Crippen molar-refractivity contribution in [3.05, 3.63) is 71.0 Å². The number of aliphatic hydroxyl groups excluding tert-OH is 1. The Balaban J connectivity index is 1.44. The molecule has 214 valence electrons. The molecule has 3 aromatic rings. The quantitative estimate of drug-likeness (QED) is 0.380. The van der Waals surface area contributed by atoms with Crippen LogP contribution in [0.25, 0.3) is 22.3 Å². The molecule has 0 spiro atoms. The fourth-order valence-corrected chi connectivity index (χ4v) is 5.45. The number of likely N-dealkylation sites (tertiary alicyclic amines) is 1. The van der Waals surface area contributed by atoms with Crippen molar-refractivity contribution >= 4 is 23.5 Å². The van der Waals surface area contributed by atoms with E-state index in [0.29, 0.717) is 42.2 Å². The number of rotatable bonds is 7. The van der Waals surface area contributed by atoms with Crippen LogP contribution in [0.15, 0.2) is 48.5 Å². The number of nitrogens with zero attached hydrogens (tertiary/aromatic N) is 2. The number of imide groups is 1. The molecule has 5 rings (SSSR count). The summed E-state index contributed by atoms with van der Waals surface area (Å²) < 4.78 is 20.9. The zero-order chi connectivity index (χ0) is 29.4. The van der Waals surface area contributed by atoms with Crippen molar-refractivity contribution in [2.24, 2.45) is 5.92 Å². The number of amides is 4. The van der Waals surface area contributed by atoms with Crippen molar-refractivity contribution in [3.8, 4) is 28.0 Å². The van der Waals surface area contributed by atoms with Gasteiger partial charge in [-0.2, -0.15) is 0 Å². The van der Waals surface area contributed by atoms with Gasteiger partial charge in [0.15, 0.2) is 0 Å². The minimum atomic E-state index is -1.02. The van der Waals surface area contributed by atoms with E-state index in [1.807, 2.05) is 55.1 Å². The monoisotopic (exact) mass is 560 g/mol. The summed E-state index contributed by atoms with van der Waals surface area (Å²) in [4.78, 5) is 40.1. The van der Waals surface area contributed by atoms with Crippen LogP contribution in [0.3, 0.4) is 0 Å². The Morgan fingerprint density at radius 3 is 2.41 bits per heavy atom. The van der Waals surface area contributed by atoms with Gasteiger partial charge in [-0.05, 0) is 65.4 Å². The molecule has 1 unspecified atom stereocenters. The van der Waals surface area contributed by atoms with Crippen molar-refractivity contribution in [3.63, 3.8) is 0 Å². The summed E-state index contributed by atoms with van der Waals surface area (Å²) >= 11 is 0. The molecule has 0 bridgehead atoms. The van der Waals surface area contributed by atoms with Gasteiger partial charge in [0.2, 0.25) is 11.8 Å². The van der Waals surface area contributed by atoms with Gasteiger partial charge in [0, 0.05) is 44.5 Å². The lowest BCUT2D eigenvalue weighted by Crippen LogP contribution is -2.56. The third kappa shape index (κ3) is 5.40. The molecule has 10 heteroatoms. The van der Waals surface area contributed by atoms with E-state index < -0.39 is 23.8 Å². The number of halogens is 1. The van der Waals surface area contributed by atoms with Crippen molar-refractivity contribution in [2.45, 2.75) is 26.5 Å². The molecule has 4 amide bonds. The van der Waals surface area contributed by atoms with Crippen LogP contribution in [0, 0.1) is 25.6 Å². The Kier molecular flexibility index (Phi) is 7.79. The minimum Gasteiger partial charge on any atom is -0.496 e. The highest BCUT2D eigenvalue weighted by molar-refractivity contribution is 6.12. The van der Waals surface area contributed by atoms with Crippen molar-refractivity contribution in [1.82, 2.24) is 15.1 Å². The summed E-state index contributed by atoms with van der Waals surface area (Å²) in [6.07, 6.45) is -0.372. The average molecular weight is 561 g/mol. The molecule has 0 saturated carbocycles. The molecule has 0 radical (unpaired) electrons. The topological polar surface area (TPSA) is 111 Å². The molecule has 9 nitrogen and oxygen atoms in total. The minimum absolute atomic E-state index is 0.0630. The number of hydrogen-bond acceptors (Lipinski definition) is 6. The maximum absolute atomic E-state index is 15.4. The number of β-amino-alcohol motifs (C(OH)–C–C–N with tert-alkyl or cyclic N) is 1. The molecule has 2 heterocycles. The number of hydrogen-bond donors (Lipinski definition) is 3. The SMILES string of the molecule is COc1cc(-c2cccc(-c3cccc(NC(=O)C4CNC(=O)N(C)C4=O)c3C)c2C)cc(F)c1CN1CC(O)C1. The lowest BCUT2D eigenvalue weighted by molar-refractivity contribution is -0.138. The molecule has 2 saturated heterocycles. The maximum atomic E-state index is 15.4. The fraction of sp³-hybridized carbons (Fsp3) is 0.323. The molecule has 2 fully saturated rings. The van der Waals surface area contributed by atoms with E-state index in [9.17, 15) is 19.5 Å². The molecule has 41 heavy (non-hydrogen) atoms. The Hall–Kier alpha value is -4.28. The van der Waals surface area contributed by atoms with Crippen molar-refractivity contribution < 1.29 is 28.6 Å². The van der Waals surface area contributed by atoms with Crippen LogP contribution >= 0.6 is 0 Å². The van der Waals surface area contributed by atoms with Gasteiger partial charge in [-0.15, -0.1) is 0 Å². The molecule has 2 aliphatic heterocycles.